The van der Waals surface area contributed by atoms with Gasteiger partial charge in [-0.25, -0.2) is 0 Å². The van der Waals surface area contributed by atoms with Crippen LogP contribution in [0.2, 0.25) is 15.1 Å². The van der Waals surface area contributed by atoms with Gasteiger partial charge >= 0.3 is 0 Å². The van der Waals surface area contributed by atoms with Gasteiger partial charge in [0.2, 0.25) is 11.8 Å². The van der Waals surface area contributed by atoms with Gasteiger partial charge in [0.1, 0.15) is 6.04 Å². The highest BCUT2D eigenvalue weighted by Gasteiger charge is 2.28. The molecule has 0 saturated heterocycles. The van der Waals surface area contributed by atoms with E-state index in [1.54, 1.807) is 35.2 Å². The number of amides is 2. The summed E-state index contributed by atoms with van der Waals surface area (Å²) < 4.78 is 0. The summed E-state index contributed by atoms with van der Waals surface area (Å²) in [4.78, 5) is 27.5. The molecule has 7 heteroatoms. The van der Waals surface area contributed by atoms with Gasteiger partial charge in [0.25, 0.3) is 0 Å². The second kappa shape index (κ2) is 11.4. The molecule has 1 atom stereocenters. The first-order valence-corrected chi connectivity index (χ1v) is 11.2. The smallest absolute Gasteiger partial charge is 0.243 e. The van der Waals surface area contributed by atoms with Gasteiger partial charge in [-0.2, -0.15) is 0 Å². The third-order valence-electron chi connectivity index (χ3n) is 5.09. The molecule has 166 valence electrons. The maximum atomic E-state index is 13.3. The molecular weight excluding hydrogens is 467 g/mol. The zero-order chi connectivity index (χ0) is 23.1. The standard InChI is InChI=1S/C25H23Cl3N2O2/c1-17(31)30(16-19-7-10-21(26)11-8-19)24(13-18-5-3-2-4-6-18)25(32)29-15-20-9-12-22(27)14-23(20)28/h2-12,14,24H,13,15-16H2,1H3,(H,29,32). The van der Waals surface area contributed by atoms with E-state index in [2.05, 4.69) is 5.32 Å². The van der Waals surface area contributed by atoms with Crippen LogP contribution in [-0.2, 0) is 29.1 Å². The lowest BCUT2D eigenvalue weighted by Crippen LogP contribution is -2.49. The molecule has 1 unspecified atom stereocenters. The van der Waals surface area contributed by atoms with Crippen molar-refractivity contribution in [3.63, 3.8) is 0 Å². The van der Waals surface area contributed by atoms with Crippen molar-refractivity contribution in [2.24, 2.45) is 0 Å². The van der Waals surface area contributed by atoms with Crippen molar-refractivity contribution in [2.75, 3.05) is 0 Å². The van der Waals surface area contributed by atoms with Gasteiger partial charge < -0.3 is 10.2 Å². The van der Waals surface area contributed by atoms with Crippen LogP contribution in [0.25, 0.3) is 0 Å². The predicted molar refractivity (Wildman–Crippen MR) is 130 cm³/mol. The predicted octanol–water partition coefficient (Wildman–Crippen LogP) is 5.92. The van der Waals surface area contributed by atoms with E-state index < -0.39 is 6.04 Å². The van der Waals surface area contributed by atoms with Gasteiger partial charge in [-0.15, -0.1) is 0 Å². The third-order valence-corrected chi connectivity index (χ3v) is 5.93. The minimum absolute atomic E-state index is 0.194. The van der Waals surface area contributed by atoms with E-state index in [-0.39, 0.29) is 18.4 Å². The molecule has 0 aromatic heterocycles. The largest absolute Gasteiger partial charge is 0.350 e. The van der Waals surface area contributed by atoms with E-state index in [1.807, 2.05) is 42.5 Å². The first-order valence-electron chi connectivity index (χ1n) is 10.1. The van der Waals surface area contributed by atoms with E-state index in [1.165, 1.54) is 6.92 Å². The molecule has 0 fully saturated rings. The molecule has 0 aliphatic heterocycles. The van der Waals surface area contributed by atoms with Gasteiger partial charge in [-0.05, 0) is 41.0 Å². The summed E-state index contributed by atoms with van der Waals surface area (Å²) >= 11 is 18.2. The lowest BCUT2D eigenvalue weighted by atomic mass is 10.0. The molecule has 0 bridgehead atoms. The van der Waals surface area contributed by atoms with E-state index in [0.717, 1.165) is 16.7 Å². The lowest BCUT2D eigenvalue weighted by Gasteiger charge is -2.30. The maximum absolute atomic E-state index is 13.3. The van der Waals surface area contributed by atoms with Crippen molar-refractivity contribution in [2.45, 2.75) is 32.5 Å². The molecule has 0 spiro atoms. The van der Waals surface area contributed by atoms with E-state index in [9.17, 15) is 9.59 Å². The zero-order valence-electron chi connectivity index (χ0n) is 17.5. The van der Waals surface area contributed by atoms with Gasteiger partial charge in [0.15, 0.2) is 0 Å². The van der Waals surface area contributed by atoms with Crippen LogP contribution in [-0.4, -0.2) is 22.8 Å². The fourth-order valence-electron chi connectivity index (χ4n) is 3.37. The topological polar surface area (TPSA) is 49.4 Å². The summed E-state index contributed by atoms with van der Waals surface area (Å²) in [6, 6.07) is 21.3. The highest BCUT2D eigenvalue weighted by molar-refractivity contribution is 6.35. The van der Waals surface area contributed by atoms with Gasteiger partial charge in [0, 0.05) is 41.5 Å². The molecule has 0 aliphatic carbocycles. The number of hydrogen-bond donors (Lipinski definition) is 1. The highest BCUT2D eigenvalue weighted by Crippen LogP contribution is 2.21. The molecule has 0 heterocycles. The van der Waals surface area contributed by atoms with Gasteiger partial charge in [-0.3, -0.25) is 9.59 Å². The van der Waals surface area contributed by atoms with Crippen molar-refractivity contribution >= 4 is 46.6 Å². The normalized spacial score (nSPS) is 11.6. The SMILES string of the molecule is CC(=O)N(Cc1ccc(Cl)cc1)C(Cc1ccccc1)C(=O)NCc1ccc(Cl)cc1Cl. The van der Waals surface area contributed by atoms with Crippen molar-refractivity contribution in [1.29, 1.82) is 0 Å². The molecule has 3 rings (SSSR count). The Hall–Kier alpha value is -2.53. The summed E-state index contributed by atoms with van der Waals surface area (Å²) in [7, 11) is 0. The molecule has 2 amide bonds. The number of nitrogens with one attached hydrogen (secondary N) is 1. The number of rotatable bonds is 8. The summed E-state index contributed by atoms with van der Waals surface area (Å²) in [5, 5.41) is 4.54. The molecule has 4 nitrogen and oxygen atoms in total. The molecule has 3 aromatic rings. The summed E-state index contributed by atoms with van der Waals surface area (Å²) in [6.07, 6.45) is 0.383. The van der Waals surface area contributed by atoms with Crippen LogP contribution in [0.4, 0.5) is 0 Å². The quantitative estimate of drug-likeness (QED) is 0.427. The van der Waals surface area contributed by atoms with E-state index in [4.69, 9.17) is 34.8 Å². The van der Waals surface area contributed by atoms with E-state index in [0.29, 0.717) is 28.0 Å². The number of carbonyl (C=O) groups is 2. The van der Waals surface area contributed by atoms with Crippen LogP contribution in [0.5, 0.6) is 0 Å². The second-order valence-corrected chi connectivity index (χ2v) is 8.71. The number of halogens is 3. The number of hydrogen-bond acceptors (Lipinski definition) is 2. The number of nitrogens with zero attached hydrogens (tertiary/aromatic N) is 1. The third kappa shape index (κ3) is 6.73. The molecule has 0 saturated carbocycles. The van der Waals surface area contributed by atoms with Gasteiger partial charge in [0.05, 0.1) is 0 Å². The Morgan fingerprint density at radius 3 is 2.16 bits per heavy atom. The van der Waals surface area contributed by atoms with Crippen LogP contribution in [0, 0.1) is 0 Å². The maximum Gasteiger partial charge on any atom is 0.243 e. The summed E-state index contributed by atoms with van der Waals surface area (Å²) in [5.74, 6) is -0.454. The van der Waals surface area contributed by atoms with E-state index >= 15 is 0 Å². The first-order chi connectivity index (χ1) is 15.3. The number of benzene rings is 3. The molecule has 3 aromatic carbocycles. The Bertz CT molecular complexity index is 1070. The molecule has 1 N–H and O–H groups in total. The Morgan fingerprint density at radius 1 is 0.875 bits per heavy atom. The highest BCUT2D eigenvalue weighted by atomic mass is 35.5. The minimum atomic E-state index is -0.698. The number of carbonyl (C=O) groups excluding carboxylic acids is 2. The van der Waals surface area contributed by atoms with Crippen LogP contribution >= 0.6 is 34.8 Å². The van der Waals surface area contributed by atoms with Gasteiger partial charge in [-0.1, -0.05) is 83.3 Å². The molecular formula is C25H23Cl3N2O2. The molecule has 0 aliphatic rings. The van der Waals surface area contributed by atoms with Crippen molar-refractivity contribution in [3.8, 4) is 0 Å². The zero-order valence-corrected chi connectivity index (χ0v) is 19.8. The summed E-state index contributed by atoms with van der Waals surface area (Å²) in [5.41, 5.74) is 2.59. The average molecular weight is 490 g/mol. The molecule has 0 radical (unpaired) electrons. The molecule has 32 heavy (non-hydrogen) atoms. The first kappa shape index (κ1) is 24.1. The fourth-order valence-corrected chi connectivity index (χ4v) is 3.98. The minimum Gasteiger partial charge on any atom is -0.350 e. The summed E-state index contributed by atoms with van der Waals surface area (Å²) in [6.45, 7) is 1.99. The Labute approximate surface area is 203 Å². The monoisotopic (exact) mass is 488 g/mol. The van der Waals surface area contributed by atoms with Crippen LogP contribution in [0.3, 0.4) is 0 Å². The Morgan fingerprint density at radius 2 is 1.53 bits per heavy atom. The van der Waals surface area contributed by atoms with Crippen LogP contribution in [0.15, 0.2) is 72.8 Å². The van der Waals surface area contributed by atoms with Crippen LogP contribution in [0.1, 0.15) is 23.6 Å². The Kier molecular flexibility index (Phi) is 8.57. The van der Waals surface area contributed by atoms with Crippen molar-refractivity contribution < 1.29 is 9.59 Å². The lowest BCUT2D eigenvalue weighted by molar-refractivity contribution is -0.139. The Balaban J connectivity index is 1.83. The average Bonchev–Trinajstić information content (AvgIpc) is 2.77. The van der Waals surface area contributed by atoms with Crippen molar-refractivity contribution in [1.82, 2.24) is 10.2 Å². The van der Waals surface area contributed by atoms with Crippen LogP contribution < -0.4 is 5.32 Å². The fraction of sp³-hybridized carbons (Fsp3) is 0.200. The van der Waals surface area contributed by atoms with Crippen molar-refractivity contribution in [3.05, 3.63) is 105 Å². The second-order valence-electron chi connectivity index (χ2n) is 7.43.